The highest BCUT2D eigenvalue weighted by atomic mass is 32.2. The normalized spacial score (nSPS) is 39.7. The number of carbonyl (C=O) groups excluding carboxylic acids is 1. The molecule has 4 unspecified atom stereocenters. The predicted molar refractivity (Wildman–Crippen MR) is 73.9 cm³/mol. The minimum absolute atomic E-state index is 0.0795. The van der Waals surface area contributed by atoms with Crippen molar-refractivity contribution in [2.45, 2.75) is 74.0 Å². The van der Waals surface area contributed by atoms with Crippen LogP contribution >= 0.6 is 11.8 Å². The molecule has 0 radical (unpaired) electrons. The van der Waals surface area contributed by atoms with Crippen molar-refractivity contribution in [2.24, 2.45) is 0 Å². The van der Waals surface area contributed by atoms with E-state index in [-0.39, 0.29) is 6.09 Å². The summed E-state index contributed by atoms with van der Waals surface area (Å²) >= 11 is 2.18. The minimum Gasteiger partial charge on any atom is -0.453 e. The number of carbonyl (C=O) groups is 1. The fourth-order valence-electron chi connectivity index (χ4n) is 3.96. The molecular formula is C14H23NO2S. The molecule has 3 aliphatic rings. The molecule has 1 amide bonds. The first-order valence-corrected chi connectivity index (χ1v) is 8.27. The van der Waals surface area contributed by atoms with Crippen LogP contribution in [0.3, 0.4) is 0 Å². The van der Waals surface area contributed by atoms with Crippen LogP contribution in [0.4, 0.5) is 4.79 Å². The molecule has 0 aromatic heterocycles. The first-order valence-electron chi connectivity index (χ1n) is 7.33. The van der Waals surface area contributed by atoms with Gasteiger partial charge in [0.2, 0.25) is 0 Å². The molecule has 0 aromatic carbocycles. The zero-order valence-electron chi connectivity index (χ0n) is 11.1. The zero-order chi connectivity index (χ0) is 12.5. The molecule has 0 aromatic rings. The highest BCUT2D eigenvalue weighted by Gasteiger charge is 2.47. The Balaban J connectivity index is 1.85. The lowest BCUT2D eigenvalue weighted by Gasteiger charge is -2.52. The molecule has 4 heteroatoms. The molecule has 18 heavy (non-hydrogen) atoms. The summed E-state index contributed by atoms with van der Waals surface area (Å²) in [5.41, 5.74) is 0. The first kappa shape index (κ1) is 12.6. The Bertz CT molecular complexity index is 301. The quantitative estimate of drug-likeness (QED) is 0.675. The third kappa shape index (κ3) is 2.13. The van der Waals surface area contributed by atoms with Gasteiger partial charge in [0.05, 0.1) is 7.11 Å². The number of methoxy groups -OCH3 is 1. The average molecular weight is 269 g/mol. The molecule has 1 heterocycles. The van der Waals surface area contributed by atoms with Gasteiger partial charge in [0.1, 0.15) is 0 Å². The molecule has 4 atom stereocenters. The molecule has 2 aliphatic carbocycles. The molecule has 1 saturated heterocycles. The van der Waals surface area contributed by atoms with Crippen LogP contribution in [0, 0.1) is 0 Å². The topological polar surface area (TPSA) is 29.5 Å². The van der Waals surface area contributed by atoms with E-state index in [0.717, 1.165) is 0 Å². The van der Waals surface area contributed by atoms with E-state index in [1.54, 1.807) is 0 Å². The number of amides is 1. The van der Waals surface area contributed by atoms with Crippen molar-refractivity contribution < 1.29 is 9.53 Å². The van der Waals surface area contributed by atoms with Crippen LogP contribution in [0.25, 0.3) is 0 Å². The van der Waals surface area contributed by atoms with E-state index in [1.807, 2.05) is 0 Å². The summed E-state index contributed by atoms with van der Waals surface area (Å²) in [5, 5.41) is 1.33. The zero-order valence-corrected chi connectivity index (χ0v) is 12.0. The van der Waals surface area contributed by atoms with Gasteiger partial charge in [-0.15, -0.1) is 0 Å². The molecule has 2 saturated carbocycles. The van der Waals surface area contributed by atoms with Crippen molar-refractivity contribution in [3.05, 3.63) is 0 Å². The summed E-state index contributed by atoms with van der Waals surface area (Å²) in [5.74, 6) is 0. The molecular weight excluding hydrogens is 246 g/mol. The fourth-order valence-corrected chi connectivity index (χ4v) is 5.91. The Labute approximate surface area is 114 Å². The molecule has 0 spiro atoms. The third-order valence-electron chi connectivity index (χ3n) is 4.79. The Morgan fingerprint density at radius 2 is 1.50 bits per heavy atom. The van der Waals surface area contributed by atoms with Crippen molar-refractivity contribution in [1.29, 1.82) is 0 Å². The van der Waals surface area contributed by atoms with Crippen LogP contribution in [-0.2, 0) is 4.74 Å². The van der Waals surface area contributed by atoms with E-state index in [4.69, 9.17) is 4.74 Å². The van der Waals surface area contributed by atoms with E-state index < -0.39 is 0 Å². The summed E-state index contributed by atoms with van der Waals surface area (Å²) in [4.78, 5) is 14.3. The maximum atomic E-state index is 12.2. The SMILES string of the molecule is COC(=O)N1C2CCCCC2SC2CCCCC21. The second-order valence-electron chi connectivity index (χ2n) is 5.79. The van der Waals surface area contributed by atoms with E-state index in [1.165, 1.54) is 58.5 Å². The van der Waals surface area contributed by atoms with Crippen LogP contribution in [0.5, 0.6) is 0 Å². The summed E-state index contributed by atoms with van der Waals surface area (Å²) in [7, 11) is 1.53. The highest BCUT2D eigenvalue weighted by Crippen LogP contribution is 2.46. The van der Waals surface area contributed by atoms with Crippen molar-refractivity contribution >= 4 is 17.9 Å². The lowest BCUT2D eigenvalue weighted by Crippen LogP contribution is -2.60. The van der Waals surface area contributed by atoms with Crippen LogP contribution in [0.2, 0.25) is 0 Å². The highest BCUT2D eigenvalue weighted by molar-refractivity contribution is 8.00. The van der Waals surface area contributed by atoms with Crippen LogP contribution in [-0.4, -0.2) is 40.7 Å². The van der Waals surface area contributed by atoms with E-state index >= 15 is 0 Å². The number of nitrogens with zero attached hydrogens (tertiary/aromatic N) is 1. The number of hydrogen-bond donors (Lipinski definition) is 0. The molecule has 0 N–H and O–H groups in total. The summed E-state index contributed by atoms with van der Waals surface area (Å²) in [6.07, 6.45) is 10.0. The largest absolute Gasteiger partial charge is 0.453 e. The van der Waals surface area contributed by atoms with Gasteiger partial charge in [-0.25, -0.2) is 4.79 Å². The van der Waals surface area contributed by atoms with Crippen LogP contribution < -0.4 is 0 Å². The van der Waals surface area contributed by atoms with E-state index in [2.05, 4.69) is 16.7 Å². The van der Waals surface area contributed by atoms with Gasteiger partial charge in [0, 0.05) is 22.6 Å². The lowest BCUT2D eigenvalue weighted by atomic mass is 9.87. The first-order chi connectivity index (χ1) is 8.81. The van der Waals surface area contributed by atoms with Gasteiger partial charge >= 0.3 is 6.09 Å². The lowest BCUT2D eigenvalue weighted by molar-refractivity contribution is 0.0560. The number of fused-ring (bicyclic) bond motifs is 2. The third-order valence-corrected chi connectivity index (χ3v) is 6.58. The Kier molecular flexibility index (Phi) is 3.73. The van der Waals surface area contributed by atoms with Crippen molar-refractivity contribution in [2.75, 3.05) is 7.11 Å². The Morgan fingerprint density at radius 1 is 1.00 bits per heavy atom. The van der Waals surface area contributed by atoms with Gasteiger partial charge in [0.15, 0.2) is 0 Å². The number of thioether (sulfide) groups is 1. The van der Waals surface area contributed by atoms with Crippen molar-refractivity contribution in [1.82, 2.24) is 4.90 Å². The second kappa shape index (κ2) is 5.32. The predicted octanol–water partition coefficient (Wildman–Crippen LogP) is 3.42. The maximum absolute atomic E-state index is 12.2. The standard InChI is InChI=1S/C14H23NO2S/c1-17-14(16)15-10-6-2-4-8-12(10)18-13-9-5-3-7-11(13)15/h10-13H,2-9H2,1H3. The van der Waals surface area contributed by atoms with Crippen molar-refractivity contribution in [3.63, 3.8) is 0 Å². The van der Waals surface area contributed by atoms with Gasteiger partial charge in [0.25, 0.3) is 0 Å². The van der Waals surface area contributed by atoms with Crippen LogP contribution in [0.1, 0.15) is 51.4 Å². The minimum atomic E-state index is -0.0795. The van der Waals surface area contributed by atoms with Gasteiger partial charge in [-0.3, -0.25) is 0 Å². The molecule has 0 bridgehead atoms. The Hall–Kier alpha value is -0.380. The number of rotatable bonds is 0. The smallest absolute Gasteiger partial charge is 0.410 e. The summed E-state index contributed by atoms with van der Waals surface area (Å²) in [6, 6.07) is 0.881. The number of ether oxygens (including phenoxy) is 1. The summed E-state index contributed by atoms with van der Waals surface area (Å²) < 4.78 is 5.07. The van der Waals surface area contributed by atoms with E-state index in [0.29, 0.717) is 22.6 Å². The molecule has 3 rings (SSSR count). The van der Waals surface area contributed by atoms with Crippen LogP contribution in [0.15, 0.2) is 0 Å². The fraction of sp³-hybridized carbons (Fsp3) is 0.929. The van der Waals surface area contributed by atoms with Gasteiger partial charge in [-0.05, 0) is 25.7 Å². The van der Waals surface area contributed by atoms with Gasteiger partial charge in [-0.1, -0.05) is 25.7 Å². The van der Waals surface area contributed by atoms with Crippen molar-refractivity contribution in [3.8, 4) is 0 Å². The second-order valence-corrected chi connectivity index (χ2v) is 7.28. The number of hydrogen-bond acceptors (Lipinski definition) is 3. The Morgan fingerprint density at radius 3 is 2.00 bits per heavy atom. The molecule has 3 nitrogen and oxygen atoms in total. The molecule has 102 valence electrons. The van der Waals surface area contributed by atoms with E-state index in [9.17, 15) is 4.79 Å². The average Bonchev–Trinajstić information content (AvgIpc) is 2.44. The van der Waals surface area contributed by atoms with Gasteiger partial charge in [-0.2, -0.15) is 11.8 Å². The van der Waals surface area contributed by atoms with Gasteiger partial charge < -0.3 is 9.64 Å². The summed E-state index contributed by atoms with van der Waals surface area (Å²) in [6.45, 7) is 0. The molecule has 3 fully saturated rings. The molecule has 1 aliphatic heterocycles. The maximum Gasteiger partial charge on any atom is 0.410 e. The monoisotopic (exact) mass is 269 g/mol.